The van der Waals surface area contributed by atoms with Crippen molar-refractivity contribution in [1.29, 1.82) is 0 Å². The molecule has 1 N–H and O–H groups in total. The van der Waals surface area contributed by atoms with E-state index in [1.54, 1.807) is 30.3 Å². The minimum atomic E-state index is -3.72. The molecule has 3 rings (SSSR count). The van der Waals surface area contributed by atoms with Crippen LogP contribution >= 0.6 is 34.9 Å². The van der Waals surface area contributed by atoms with Crippen LogP contribution in [0.1, 0.15) is 5.56 Å². The van der Waals surface area contributed by atoms with Crippen LogP contribution in [0.25, 0.3) is 11.0 Å². The summed E-state index contributed by atoms with van der Waals surface area (Å²) in [6.45, 7) is 0.0618. The van der Waals surface area contributed by atoms with E-state index in [0.717, 1.165) is 11.7 Å². The van der Waals surface area contributed by atoms with Crippen molar-refractivity contribution >= 4 is 56.0 Å². The molecule has 0 fully saturated rings. The molecule has 1 heterocycles. The summed E-state index contributed by atoms with van der Waals surface area (Å²) >= 11 is 12.8. The summed E-state index contributed by atoms with van der Waals surface area (Å²) in [6.07, 6.45) is 0. The van der Waals surface area contributed by atoms with Gasteiger partial charge >= 0.3 is 0 Å². The van der Waals surface area contributed by atoms with Crippen LogP contribution in [0.15, 0.2) is 41.3 Å². The summed E-state index contributed by atoms with van der Waals surface area (Å²) in [5, 5.41) is 0.902. The van der Waals surface area contributed by atoms with Crippen LogP contribution in [0.2, 0.25) is 10.0 Å². The van der Waals surface area contributed by atoms with Gasteiger partial charge in [0.05, 0.1) is 11.7 Å². The van der Waals surface area contributed by atoms with Gasteiger partial charge in [-0.25, -0.2) is 13.1 Å². The lowest BCUT2D eigenvalue weighted by atomic mass is 10.2. The molecule has 0 saturated carbocycles. The van der Waals surface area contributed by atoms with Gasteiger partial charge in [-0.3, -0.25) is 0 Å². The van der Waals surface area contributed by atoms with Crippen molar-refractivity contribution in [3.63, 3.8) is 0 Å². The van der Waals surface area contributed by atoms with Crippen molar-refractivity contribution in [3.05, 3.63) is 52.0 Å². The van der Waals surface area contributed by atoms with Gasteiger partial charge in [0.25, 0.3) is 0 Å². The normalized spacial score (nSPS) is 11.9. The third-order valence-electron chi connectivity index (χ3n) is 3.01. The van der Waals surface area contributed by atoms with E-state index < -0.39 is 10.0 Å². The summed E-state index contributed by atoms with van der Waals surface area (Å²) in [7, 11) is -3.72. The van der Waals surface area contributed by atoms with Crippen LogP contribution in [-0.2, 0) is 16.6 Å². The summed E-state index contributed by atoms with van der Waals surface area (Å²) in [5.74, 6) is 0. The smallest absolute Gasteiger partial charge is 0.207 e. The van der Waals surface area contributed by atoms with Crippen LogP contribution < -0.4 is 4.72 Å². The molecular formula is C13H9Cl2N3O2S2. The molecule has 0 bridgehead atoms. The Hall–Kier alpha value is -1.25. The first-order chi connectivity index (χ1) is 10.5. The highest BCUT2D eigenvalue weighted by Gasteiger charge is 2.19. The second-order valence-corrected chi connectivity index (χ2v) is 7.56. The zero-order valence-electron chi connectivity index (χ0n) is 11.0. The zero-order valence-corrected chi connectivity index (χ0v) is 14.1. The predicted octanol–water partition coefficient (Wildman–Crippen LogP) is 3.48. The molecule has 0 spiro atoms. The van der Waals surface area contributed by atoms with E-state index in [1.165, 1.54) is 6.07 Å². The maximum absolute atomic E-state index is 12.5. The number of hydrogen-bond acceptors (Lipinski definition) is 5. The van der Waals surface area contributed by atoms with Crippen molar-refractivity contribution in [1.82, 2.24) is 13.5 Å². The SMILES string of the molecule is O=S(=O)(NCc1ccc(Cl)cc1Cl)c1cccc2nsnc12. The fourth-order valence-electron chi connectivity index (χ4n) is 1.91. The Balaban J connectivity index is 1.89. The molecule has 0 aliphatic carbocycles. The Labute approximate surface area is 141 Å². The molecule has 0 aliphatic heterocycles. The number of halogens is 2. The number of fused-ring (bicyclic) bond motifs is 1. The summed E-state index contributed by atoms with van der Waals surface area (Å²) in [4.78, 5) is 0.101. The van der Waals surface area contributed by atoms with Crippen LogP contribution in [0.3, 0.4) is 0 Å². The van der Waals surface area contributed by atoms with Gasteiger partial charge in [0, 0.05) is 16.6 Å². The fourth-order valence-corrected chi connectivity index (χ4v) is 4.16. The topological polar surface area (TPSA) is 72.0 Å². The first-order valence-corrected chi connectivity index (χ1v) is 9.09. The highest BCUT2D eigenvalue weighted by Crippen LogP contribution is 2.23. The van der Waals surface area contributed by atoms with Gasteiger partial charge in [0.1, 0.15) is 15.9 Å². The van der Waals surface area contributed by atoms with E-state index in [0.29, 0.717) is 26.6 Å². The Bertz CT molecular complexity index is 941. The molecule has 22 heavy (non-hydrogen) atoms. The number of nitrogens with zero attached hydrogens (tertiary/aromatic N) is 2. The van der Waals surface area contributed by atoms with E-state index in [2.05, 4.69) is 13.5 Å². The van der Waals surface area contributed by atoms with Gasteiger partial charge in [-0.2, -0.15) is 8.75 Å². The van der Waals surface area contributed by atoms with Crippen LogP contribution in [0.5, 0.6) is 0 Å². The quantitative estimate of drug-likeness (QED) is 0.759. The van der Waals surface area contributed by atoms with Crippen molar-refractivity contribution in [2.24, 2.45) is 0 Å². The average molecular weight is 374 g/mol. The Kier molecular flexibility index (Phi) is 4.33. The number of aromatic nitrogens is 2. The molecule has 2 aromatic carbocycles. The van der Waals surface area contributed by atoms with E-state index >= 15 is 0 Å². The third kappa shape index (κ3) is 3.09. The van der Waals surface area contributed by atoms with Gasteiger partial charge in [-0.15, -0.1) is 0 Å². The van der Waals surface area contributed by atoms with Gasteiger partial charge in [-0.05, 0) is 29.8 Å². The van der Waals surface area contributed by atoms with E-state index in [1.807, 2.05) is 0 Å². The third-order valence-corrected chi connectivity index (χ3v) is 5.57. The second-order valence-electron chi connectivity index (χ2n) is 4.45. The molecule has 1 aromatic heterocycles. The molecule has 0 aliphatic rings. The number of sulfonamides is 1. The molecule has 3 aromatic rings. The van der Waals surface area contributed by atoms with Gasteiger partial charge in [0.2, 0.25) is 10.0 Å². The highest BCUT2D eigenvalue weighted by atomic mass is 35.5. The molecule has 0 radical (unpaired) electrons. The van der Waals surface area contributed by atoms with Gasteiger partial charge in [0.15, 0.2) is 0 Å². The van der Waals surface area contributed by atoms with E-state index in [-0.39, 0.29) is 11.4 Å². The lowest BCUT2D eigenvalue weighted by Crippen LogP contribution is -2.23. The Morgan fingerprint density at radius 3 is 2.73 bits per heavy atom. The number of benzene rings is 2. The first-order valence-electron chi connectivity index (χ1n) is 6.12. The molecule has 0 atom stereocenters. The number of hydrogen-bond donors (Lipinski definition) is 1. The average Bonchev–Trinajstić information content (AvgIpc) is 2.94. The number of rotatable bonds is 4. The molecule has 0 unspecified atom stereocenters. The zero-order chi connectivity index (χ0) is 15.7. The van der Waals surface area contributed by atoms with Gasteiger partial charge in [-0.1, -0.05) is 35.3 Å². The van der Waals surface area contributed by atoms with Crippen molar-refractivity contribution in [3.8, 4) is 0 Å². The van der Waals surface area contributed by atoms with Crippen LogP contribution in [0.4, 0.5) is 0 Å². The molecule has 9 heteroatoms. The predicted molar refractivity (Wildman–Crippen MR) is 87.9 cm³/mol. The second kappa shape index (κ2) is 6.10. The minimum Gasteiger partial charge on any atom is -0.207 e. The van der Waals surface area contributed by atoms with Crippen molar-refractivity contribution in [2.75, 3.05) is 0 Å². The first kappa shape index (κ1) is 15.6. The summed E-state index contributed by atoms with van der Waals surface area (Å²) in [6, 6.07) is 9.75. The Morgan fingerprint density at radius 1 is 1.14 bits per heavy atom. The molecule has 0 amide bonds. The standard InChI is InChI=1S/C13H9Cl2N3O2S2/c14-9-5-4-8(10(15)6-9)7-16-22(19,20)12-3-1-2-11-13(12)18-21-17-11/h1-6,16H,7H2. The van der Waals surface area contributed by atoms with Gasteiger partial charge < -0.3 is 0 Å². The van der Waals surface area contributed by atoms with Crippen LogP contribution in [-0.4, -0.2) is 17.2 Å². The largest absolute Gasteiger partial charge is 0.243 e. The molecule has 5 nitrogen and oxygen atoms in total. The van der Waals surface area contributed by atoms with Crippen LogP contribution in [0, 0.1) is 0 Å². The maximum atomic E-state index is 12.5. The maximum Gasteiger partial charge on any atom is 0.243 e. The Morgan fingerprint density at radius 2 is 1.95 bits per heavy atom. The monoisotopic (exact) mass is 373 g/mol. The van der Waals surface area contributed by atoms with Crippen molar-refractivity contribution in [2.45, 2.75) is 11.4 Å². The highest BCUT2D eigenvalue weighted by molar-refractivity contribution is 7.89. The molecular weight excluding hydrogens is 365 g/mol. The summed E-state index contributed by atoms with van der Waals surface area (Å²) < 4.78 is 35.5. The molecule has 114 valence electrons. The number of nitrogens with one attached hydrogen (secondary N) is 1. The summed E-state index contributed by atoms with van der Waals surface area (Å²) in [5.41, 5.74) is 1.55. The molecule has 0 saturated heterocycles. The van der Waals surface area contributed by atoms with E-state index in [4.69, 9.17) is 23.2 Å². The minimum absolute atomic E-state index is 0.0618. The lowest BCUT2D eigenvalue weighted by Gasteiger charge is -2.08. The fraction of sp³-hybridized carbons (Fsp3) is 0.0769. The van der Waals surface area contributed by atoms with Crippen molar-refractivity contribution < 1.29 is 8.42 Å². The van der Waals surface area contributed by atoms with E-state index in [9.17, 15) is 8.42 Å². The lowest BCUT2D eigenvalue weighted by molar-refractivity contribution is 0.582.